The molecule has 1 saturated heterocycles. The van der Waals surface area contributed by atoms with Gasteiger partial charge in [-0.1, -0.05) is 49.6 Å². The van der Waals surface area contributed by atoms with Gasteiger partial charge in [0.05, 0.1) is 18.7 Å². The third-order valence-corrected chi connectivity index (χ3v) is 6.46. The maximum atomic E-state index is 6.27. The maximum Gasteiger partial charge on any atom is 0.192 e. The molecule has 0 bridgehead atoms. The molecule has 1 aromatic heterocycles. The Bertz CT molecular complexity index is 841. The molecule has 170 valence electrons. The molecule has 2 N–H and O–H groups in total. The van der Waals surface area contributed by atoms with E-state index < -0.39 is 0 Å². The normalized spacial score (nSPS) is 20.8. The molecule has 1 aliphatic heterocycles. The molecule has 1 unspecified atom stereocenters. The molecule has 2 fully saturated rings. The standard InChI is InChI=1S/C23H34N6O.HI/c1-18-27-28-21(29(18)2)17-25-22(24-16-19-9-5-3-6-10-19)26-20-11-14-30-23(15-20)12-7-4-8-13-23;/h3,5-6,9-10,20H,4,7-8,11-17H2,1-2H3,(H2,24,25,26);1H. The fraction of sp³-hybridized carbons (Fsp3) is 0.609. The van der Waals surface area contributed by atoms with Gasteiger partial charge in [0.2, 0.25) is 0 Å². The third kappa shape index (κ3) is 6.41. The van der Waals surface area contributed by atoms with Crippen molar-refractivity contribution in [1.29, 1.82) is 0 Å². The van der Waals surface area contributed by atoms with Crippen LogP contribution in [0.2, 0.25) is 0 Å². The van der Waals surface area contributed by atoms with Gasteiger partial charge < -0.3 is 19.9 Å². The number of aliphatic imine (C=N–C) groups is 1. The minimum Gasteiger partial charge on any atom is -0.375 e. The molecule has 7 nitrogen and oxygen atoms in total. The number of hydrogen-bond donors (Lipinski definition) is 2. The van der Waals surface area contributed by atoms with Gasteiger partial charge in [0, 0.05) is 19.7 Å². The largest absolute Gasteiger partial charge is 0.375 e. The van der Waals surface area contributed by atoms with Crippen LogP contribution in [0.15, 0.2) is 35.3 Å². The number of nitrogens with zero attached hydrogens (tertiary/aromatic N) is 4. The summed E-state index contributed by atoms with van der Waals surface area (Å²) in [5.74, 6) is 2.64. The number of guanidine groups is 1. The molecule has 8 heteroatoms. The van der Waals surface area contributed by atoms with Crippen molar-refractivity contribution in [2.24, 2.45) is 12.0 Å². The highest BCUT2D eigenvalue weighted by Crippen LogP contribution is 2.38. The first-order valence-electron chi connectivity index (χ1n) is 11.2. The molecule has 0 amide bonds. The number of ether oxygens (including phenoxy) is 1. The average molecular weight is 538 g/mol. The van der Waals surface area contributed by atoms with Crippen molar-refractivity contribution >= 4 is 29.9 Å². The number of aromatic nitrogens is 3. The summed E-state index contributed by atoms with van der Waals surface area (Å²) >= 11 is 0. The van der Waals surface area contributed by atoms with E-state index in [9.17, 15) is 0 Å². The summed E-state index contributed by atoms with van der Waals surface area (Å²) in [5.41, 5.74) is 1.27. The Balaban J connectivity index is 0.00000272. The monoisotopic (exact) mass is 538 g/mol. The van der Waals surface area contributed by atoms with Gasteiger partial charge in [-0.15, -0.1) is 34.2 Å². The number of halogens is 1. The van der Waals surface area contributed by atoms with Crippen molar-refractivity contribution in [3.8, 4) is 0 Å². The summed E-state index contributed by atoms with van der Waals surface area (Å²) < 4.78 is 8.28. The first-order valence-corrected chi connectivity index (χ1v) is 11.2. The highest BCUT2D eigenvalue weighted by atomic mass is 127. The Morgan fingerprint density at radius 2 is 1.97 bits per heavy atom. The van der Waals surface area contributed by atoms with Crippen LogP contribution in [0.1, 0.15) is 62.2 Å². The van der Waals surface area contributed by atoms with E-state index in [2.05, 4.69) is 45.1 Å². The van der Waals surface area contributed by atoms with Crippen molar-refractivity contribution in [3.63, 3.8) is 0 Å². The molecule has 1 atom stereocenters. The Morgan fingerprint density at radius 3 is 2.68 bits per heavy atom. The van der Waals surface area contributed by atoms with Crippen LogP contribution in [0.5, 0.6) is 0 Å². The van der Waals surface area contributed by atoms with E-state index in [0.717, 1.165) is 37.1 Å². The van der Waals surface area contributed by atoms with Crippen molar-refractivity contribution < 1.29 is 4.74 Å². The van der Waals surface area contributed by atoms with Gasteiger partial charge in [-0.25, -0.2) is 4.99 Å². The van der Waals surface area contributed by atoms with E-state index in [1.807, 2.05) is 24.6 Å². The molecule has 31 heavy (non-hydrogen) atoms. The van der Waals surface area contributed by atoms with Gasteiger partial charge in [0.1, 0.15) is 5.82 Å². The van der Waals surface area contributed by atoms with E-state index in [0.29, 0.717) is 19.1 Å². The predicted molar refractivity (Wildman–Crippen MR) is 134 cm³/mol. The van der Waals surface area contributed by atoms with Crippen LogP contribution < -0.4 is 10.6 Å². The summed E-state index contributed by atoms with van der Waals surface area (Å²) in [6.07, 6.45) is 8.35. The fourth-order valence-electron chi connectivity index (χ4n) is 4.56. The molecule has 2 aromatic rings. The van der Waals surface area contributed by atoms with Crippen LogP contribution in [-0.4, -0.2) is 39.0 Å². The lowest BCUT2D eigenvalue weighted by Crippen LogP contribution is -2.52. The van der Waals surface area contributed by atoms with Crippen LogP contribution in [0.3, 0.4) is 0 Å². The maximum absolute atomic E-state index is 6.27. The summed E-state index contributed by atoms with van der Waals surface area (Å²) in [7, 11) is 1.99. The number of aryl methyl sites for hydroxylation is 1. The molecule has 1 saturated carbocycles. The Morgan fingerprint density at radius 1 is 1.19 bits per heavy atom. The molecule has 0 radical (unpaired) electrons. The zero-order chi connectivity index (χ0) is 20.8. The van der Waals surface area contributed by atoms with E-state index >= 15 is 0 Å². The van der Waals surface area contributed by atoms with Gasteiger partial charge in [0.15, 0.2) is 11.8 Å². The van der Waals surface area contributed by atoms with Gasteiger partial charge >= 0.3 is 0 Å². The Labute approximate surface area is 202 Å². The molecule has 4 rings (SSSR count). The van der Waals surface area contributed by atoms with Crippen LogP contribution in [0, 0.1) is 6.92 Å². The molecule has 2 heterocycles. The van der Waals surface area contributed by atoms with Gasteiger partial charge in [-0.3, -0.25) is 0 Å². The first kappa shape index (κ1) is 24.0. The fourth-order valence-corrected chi connectivity index (χ4v) is 4.56. The lowest BCUT2D eigenvalue weighted by Gasteiger charge is -2.44. The molecular weight excluding hydrogens is 503 g/mol. The van der Waals surface area contributed by atoms with E-state index in [1.165, 1.54) is 37.7 Å². The minimum absolute atomic E-state index is 0. The quantitative estimate of drug-likeness (QED) is 0.344. The minimum atomic E-state index is 0. The molecular formula is C23H35IN6O. The predicted octanol–water partition coefficient (Wildman–Crippen LogP) is 3.86. The number of benzene rings is 1. The van der Waals surface area contributed by atoms with E-state index in [-0.39, 0.29) is 29.6 Å². The van der Waals surface area contributed by atoms with Crippen LogP contribution in [-0.2, 0) is 24.9 Å². The molecule has 1 aromatic carbocycles. The number of nitrogens with one attached hydrogen (secondary N) is 2. The van der Waals surface area contributed by atoms with Crippen LogP contribution in [0.4, 0.5) is 0 Å². The summed E-state index contributed by atoms with van der Waals surface area (Å²) in [5, 5.41) is 15.6. The zero-order valence-corrected chi connectivity index (χ0v) is 21.0. The number of rotatable bonds is 5. The van der Waals surface area contributed by atoms with Crippen molar-refractivity contribution in [3.05, 3.63) is 47.5 Å². The lowest BCUT2D eigenvalue weighted by atomic mass is 9.78. The van der Waals surface area contributed by atoms with Gasteiger partial charge in [-0.2, -0.15) is 0 Å². The molecule has 2 aliphatic rings. The Kier molecular flexibility index (Phi) is 8.71. The van der Waals surface area contributed by atoms with Gasteiger partial charge in [0.25, 0.3) is 0 Å². The van der Waals surface area contributed by atoms with Crippen LogP contribution >= 0.6 is 24.0 Å². The third-order valence-electron chi connectivity index (χ3n) is 6.46. The second kappa shape index (κ2) is 11.3. The number of hydrogen-bond acceptors (Lipinski definition) is 4. The molecule has 1 aliphatic carbocycles. The van der Waals surface area contributed by atoms with E-state index in [4.69, 9.17) is 9.73 Å². The summed E-state index contributed by atoms with van der Waals surface area (Å²) in [6.45, 7) is 4.02. The second-order valence-electron chi connectivity index (χ2n) is 8.65. The lowest BCUT2D eigenvalue weighted by molar-refractivity contribution is -0.107. The smallest absolute Gasteiger partial charge is 0.192 e. The van der Waals surface area contributed by atoms with Crippen molar-refractivity contribution in [2.45, 2.75) is 76.6 Å². The average Bonchev–Trinajstić information content (AvgIpc) is 3.09. The summed E-state index contributed by atoms with van der Waals surface area (Å²) in [6, 6.07) is 10.7. The highest BCUT2D eigenvalue weighted by molar-refractivity contribution is 14.0. The first-order chi connectivity index (χ1) is 14.6. The SMILES string of the molecule is Cc1nnc(CNC(=NCc2ccccc2)NC2CCOC3(CCCCC3)C2)n1C.I. The van der Waals surface area contributed by atoms with E-state index in [1.54, 1.807) is 0 Å². The topological polar surface area (TPSA) is 76.4 Å². The van der Waals surface area contributed by atoms with Crippen molar-refractivity contribution in [2.75, 3.05) is 6.61 Å². The van der Waals surface area contributed by atoms with Crippen LogP contribution in [0.25, 0.3) is 0 Å². The highest BCUT2D eigenvalue weighted by Gasteiger charge is 2.38. The second-order valence-corrected chi connectivity index (χ2v) is 8.65. The van der Waals surface area contributed by atoms with Crippen molar-refractivity contribution in [1.82, 2.24) is 25.4 Å². The molecule has 1 spiro atoms. The summed E-state index contributed by atoms with van der Waals surface area (Å²) in [4.78, 5) is 4.87. The zero-order valence-electron chi connectivity index (χ0n) is 18.6. The van der Waals surface area contributed by atoms with Gasteiger partial charge in [-0.05, 0) is 38.2 Å². The Hall–Kier alpha value is -1.68.